The van der Waals surface area contributed by atoms with Gasteiger partial charge in [0.1, 0.15) is 0 Å². The average molecular weight is 296 g/mol. The molecular weight excluding hydrogens is 276 g/mol. The van der Waals surface area contributed by atoms with Crippen LogP contribution in [-0.2, 0) is 14.6 Å². The van der Waals surface area contributed by atoms with Crippen molar-refractivity contribution in [3.63, 3.8) is 0 Å². The van der Waals surface area contributed by atoms with Crippen molar-refractivity contribution in [3.05, 3.63) is 29.8 Å². The minimum atomic E-state index is -3.23. The number of hydrogen-bond acceptors (Lipinski definition) is 4. The maximum absolute atomic E-state index is 12.0. The van der Waals surface area contributed by atoms with Gasteiger partial charge in [-0.25, -0.2) is 8.42 Å². The van der Waals surface area contributed by atoms with Crippen LogP contribution in [-0.4, -0.2) is 26.1 Å². The van der Waals surface area contributed by atoms with Crippen molar-refractivity contribution >= 4 is 15.7 Å². The Bertz CT molecular complexity index is 611. The lowest BCUT2D eigenvalue weighted by Gasteiger charge is -2.28. The van der Waals surface area contributed by atoms with Crippen molar-refractivity contribution < 1.29 is 13.2 Å². The summed E-state index contributed by atoms with van der Waals surface area (Å²) >= 11 is 0. The molecule has 2 atom stereocenters. The molecule has 5 nitrogen and oxygen atoms in total. The lowest BCUT2D eigenvalue weighted by Crippen LogP contribution is -2.46. The van der Waals surface area contributed by atoms with E-state index in [0.29, 0.717) is 16.9 Å². The van der Waals surface area contributed by atoms with Crippen molar-refractivity contribution in [1.82, 2.24) is 5.32 Å². The highest BCUT2D eigenvalue weighted by Crippen LogP contribution is 2.31. The summed E-state index contributed by atoms with van der Waals surface area (Å²) in [4.78, 5) is 12.4. The number of sulfone groups is 1. The van der Waals surface area contributed by atoms with Gasteiger partial charge in [0.2, 0.25) is 5.91 Å². The van der Waals surface area contributed by atoms with Crippen LogP contribution in [0.4, 0.5) is 0 Å². The lowest BCUT2D eigenvalue weighted by atomic mass is 10.0. The van der Waals surface area contributed by atoms with Gasteiger partial charge in [0.05, 0.1) is 22.7 Å². The molecule has 1 aromatic rings. The van der Waals surface area contributed by atoms with E-state index in [-0.39, 0.29) is 23.6 Å². The Balaban J connectivity index is 2.26. The Morgan fingerprint density at radius 3 is 2.65 bits per heavy atom. The second kappa shape index (κ2) is 5.54. The molecule has 1 aliphatic heterocycles. The third kappa shape index (κ3) is 2.86. The third-order valence-electron chi connectivity index (χ3n) is 3.64. The molecule has 0 radical (unpaired) electrons. The maximum Gasteiger partial charge on any atom is 0.237 e. The van der Waals surface area contributed by atoms with E-state index in [0.717, 1.165) is 0 Å². The van der Waals surface area contributed by atoms with Gasteiger partial charge in [-0.1, -0.05) is 32.0 Å². The molecule has 1 heterocycles. The van der Waals surface area contributed by atoms with Gasteiger partial charge in [0.25, 0.3) is 0 Å². The third-order valence-corrected chi connectivity index (χ3v) is 5.46. The molecule has 1 aromatic carbocycles. The number of nitrogens with two attached hydrogens (primary N) is 1. The van der Waals surface area contributed by atoms with Crippen LogP contribution >= 0.6 is 0 Å². The molecule has 0 spiro atoms. The molecule has 3 N–H and O–H groups in total. The standard InChI is InChI=1S/C14H20N2O3S/c1-9(2)13(15)14(17)16-11-7-8-20(18,19)12-6-4-3-5-10(11)12/h3-6,9,11,13H,7-8,15H2,1-2H3,(H,16,17)/t11?,13-/m0/s1. The summed E-state index contributed by atoms with van der Waals surface area (Å²) in [6.07, 6.45) is 0.385. The molecule has 0 aromatic heterocycles. The number of fused-ring (bicyclic) bond motifs is 1. The summed E-state index contributed by atoms with van der Waals surface area (Å²) in [6.45, 7) is 3.76. The van der Waals surface area contributed by atoms with E-state index in [2.05, 4.69) is 5.32 Å². The van der Waals surface area contributed by atoms with E-state index in [1.54, 1.807) is 24.3 Å². The molecule has 1 amide bonds. The zero-order valence-electron chi connectivity index (χ0n) is 11.7. The highest BCUT2D eigenvalue weighted by molar-refractivity contribution is 7.91. The predicted molar refractivity (Wildman–Crippen MR) is 76.8 cm³/mol. The Hall–Kier alpha value is -1.40. The highest BCUT2D eigenvalue weighted by Gasteiger charge is 2.31. The molecule has 0 saturated heterocycles. The summed E-state index contributed by atoms with van der Waals surface area (Å²) in [5.74, 6) is -0.150. The second-order valence-corrected chi connectivity index (χ2v) is 7.55. The van der Waals surface area contributed by atoms with Crippen molar-refractivity contribution in [1.29, 1.82) is 0 Å². The zero-order chi connectivity index (χ0) is 14.9. The fourth-order valence-electron chi connectivity index (χ4n) is 2.31. The lowest BCUT2D eigenvalue weighted by molar-refractivity contribution is -0.124. The quantitative estimate of drug-likeness (QED) is 0.871. The zero-order valence-corrected chi connectivity index (χ0v) is 12.5. The van der Waals surface area contributed by atoms with Crippen LogP contribution in [0.2, 0.25) is 0 Å². The van der Waals surface area contributed by atoms with Crippen LogP contribution in [0, 0.1) is 5.92 Å². The molecule has 20 heavy (non-hydrogen) atoms. The van der Waals surface area contributed by atoms with Gasteiger partial charge in [0, 0.05) is 0 Å². The van der Waals surface area contributed by atoms with Crippen LogP contribution in [0.25, 0.3) is 0 Å². The van der Waals surface area contributed by atoms with Crippen LogP contribution in [0.15, 0.2) is 29.2 Å². The van der Waals surface area contributed by atoms with E-state index in [1.165, 1.54) is 0 Å². The molecule has 6 heteroatoms. The summed E-state index contributed by atoms with van der Waals surface area (Å²) in [5, 5.41) is 2.87. The predicted octanol–water partition coefficient (Wildman–Crippen LogP) is 1.00. The topological polar surface area (TPSA) is 89.3 Å². The van der Waals surface area contributed by atoms with Gasteiger partial charge in [-0.3, -0.25) is 4.79 Å². The first-order chi connectivity index (χ1) is 9.33. The smallest absolute Gasteiger partial charge is 0.237 e. The van der Waals surface area contributed by atoms with E-state index in [4.69, 9.17) is 5.73 Å². The summed E-state index contributed by atoms with van der Waals surface area (Å²) in [6, 6.07) is 5.94. The first kappa shape index (κ1) is 15.0. The van der Waals surface area contributed by atoms with Crippen molar-refractivity contribution in [2.24, 2.45) is 11.7 Å². The SMILES string of the molecule is CC(C)[C@H](N)C(=O)NC1CCS(=O)(=O)c2ccccc21. The number of carbonyl (C=O) groups is 1. The Labute approximate surface area is 119 Å². The molecule has 0 fully saturated rings. The van der Waals surface area contributed by atoms with E-state index in [9.17, 15) is 13.2 Å². The number of hydrogen-bond donors (Lipinski definition) is 2. The number of amides is 1. The minimum Gasteiger partial charge on any atom is -0.348 e. The number of benzene rings is 1. The molecule has 0 bridgehead atoms. The first-order valence-electron chi connectivity index (χ1n) is 6.70. The van der Waals surface area contributed by atoms with Crippen LogP contribution in [0.5, 0.6) is 0 Å². The first-order valence-corrected chi connectivity index (χ1v) is 8.36. The van der Waals surface area contributed by atoms with Gasteiger partial charge in [-0.2, -0.15) is 0 Å². The fourth-order valence-corrected chi connectivity index (χ4v) is 3.93. The highest BCUT2D eigenvalue weighted by atomic mass is 32.2. The van der Waals surface area contributed by atoms with Gasteiger partial charge in [0.15, 0.2) is 9.84 Å². The van der Waals surface area contributed by atoms with E-state index >= 15 is 0 Å². The van der Waals surface area contributed by atoms with Gasteiger partial charge < -0.3 is 11.1 Å². The molecule has 0 saturated carbocycles. The largest absolute Gasteiger partial charge is 0.348 e. The van der Waals surface area contributed by atoms with Crippen LogP contribution < -0.4 is 11.1 Å². The van der Waals surface area contributed by atoms with Crippen molar-refractivity contribution in [2.75, 3.05) is 5.75 Å². The number of carbonyl (C=O) groups excluding carboxylic acids is 1. The monoisotopic (exact) mass is 296 g/mol. The van der Waals surface area contributed by atoms with Crippen molar-refractivity contribution in [2.45, 2.75) is 37.2 Å². The minimum absolute atomic E-state index is 0.0394. The molecule has 110 valence electrons. The van der Waals surface area contributed by atoms with E-state index in [1.807, 2.05) is 13.8 Å². The van der Waals surface area contributed by atoms with E-state index < -0.39 is 15.9 Å². The normalized spacial score (nSPS) is 22.1. The average Bonchev–Trinajstić information content (AvgIpc) is 2.41. The Morgan fingerprint density at radius 2 is 2.00 bits per heavy atom. The molecule has 0 aliphatic carbocycles. The second-order valence-electron chi connectivity index (χ2n) is 5.48. The van der Waals surface area contributed by atoms with Crippen molar-refractivity contribution in [3.8, 4) is 0 Å². The van der Waals surface area contributed by atoms with Gasteiger partial charge >= 0.3 is 0 Å². The fraction of sp³-hybridized carbons (Fsp3) is 0.500. The van der Waals surface area contributed by atoms with Gasteiger partial charge in [-0.05, 0) is 24.0 Å². The molecule has 2 rings (SSSR count). The molecule has 1 aliphatic rings. The maximum atomic E-state index is 12.0. The molecule has 1 unspecified atom stereocenters. The number of rotatable bonds is 3. The summed E-state index contributed by atoms with van der Waals surface area (Å²) in [7, 11) is -3.23. The van der Waals surface area contributed by atoms with Gasteiger partial charge in [-0.15, -0.1) is 0 Å². The summed E-state index contributed by atoms with van der Waals surface area (Å²) in [5.41, 5.74) is 6.48. The number of nitrogens with one attached hydrogen (secondary N) is 1. The van der Waals surface area contributed by atoms with Crippen LogP contribution in [0.1, 0.15) is 31.9 Å². The Morgan fingerprint density at radius 1 is 1.35 bits per heavy atom. The Kier molecular flexibility index (Phi) is 4.15. The van der Waals surface area contributed by atoms with Crippen LogP contribution in [0.3, 0.4) is 0 Å². The summed E-state index contributed by atoms with van der Waals surface area (Å²) < 4.78 is 24.0. The molecular formula is C14H20N2O3S.